The molecule has 1 aliphatic heterocycles. The van der Waals surface area contributed by atoms with Gasteiger partial charge in [-0.2, -0.15) is 0 Å². The number of hydrogen-bond acceptors (Lipinski definition) is 4. The fourth-order valence-electron chi connectivity index (χ4n) is 3.69. The summed E-state index contributed by atoms with van der Waals surface area (Å²) in [4.78, 5) is 2.48. The minimum absolute atomic E-state index is 0.309. The maximum Gasteiger partial charge on any atom is 0.231 e. The van der Waals surface area contributed by atoms with Crippen LogP contribution in [0.5, 0.6) is 17.2 Å². The highest BCUT2D eigenvalue weighted by Crippen LogP contribution is 2.33. The molecule has 29 heavy (non-hydrogen) atoms. The van der Waals surface area contributed by atoms with Gasteiger partial charge in [0.15, 0.2) is 11.5 Å². The SMILES string of the molecule is COc1cccc(CN(CCCc2ccccc2)Cc2ccc3c(c2)OCO3)c1. The second-order valence-electron chi connectivity index (χ2n) is 7.34. The van der Waals surface area contributed by atoms with E-state index >= 15 is 0 Å². The van der Waals surface area contributed by atoms with Crippen LogP contribution in [-0.4, -0.2) is 25.3 Å². The Hall–Kier alpha value is -2.98. The number of ether oxygens (including phenoxy) is 3. The highest BCUT2D eigenvalue weighted by Gasteiger charge is 2.15. The Labute approximate surface area is 172 Å². The molecule has 3 aromatic rings. The van der Waals surface area contributed by atoms with E-state index in [4.69, 9.17) is 14.2 Å². The summed E-state index contributed by atoms with van der Waals surface area (Å²) >= 11 is 0. The Morgan fingerprint density at radius 1 is 0.793 bits per heavy atom. The lowest BCUT2D eigenvalue weighted by molar-refractivity contribution is 0.174. The summed E-state index contributed by atoms with van der Waals surface area (Å²) in [6, 6.07) is 25.2. The van der Waals surface area contributed by atoms with Gasteiger partial charge in [0.05, 0.1) is 7.11 Å². The third-order valence-electron chi connectivity index (χ3n) is 5.17. The van der Waals surface area contributed by atoms with Crippen molar-refractivity contribution < 1.29 is 14.2 Å². The van der Waals surface area contributed by atoms with Crippen LogP contribution in [-0.2, 0) is 19.5 Å². The molecule has 0 radical (unpaired) electrons. The number of hydrogen-bond donors (Lipinski definition) is 0. The van der Waals surface area contributed by atoms with E-state index in [-0.39, 0.29) is 0 Å². The van der Waals surface area contributed by atoms with Gasteiger partial charge in [0, 0.05) is 13.1 Å². The Kier molecular flexibility index (Phi) is 6.32. The van der Waals surface area contributed by atoms with Gasteiger partial charge >= 0.3 is 0 Å². The molecule has 4 rings (SSSR count). The summed E-state index contributed by atoms with van der Waals surface area (Å²) in [5, 5.41) is 0. The fraction of sp³-hybridized carbons (Fsp3) is 0.280. The summed E-state index contributed by atoms with van der Waals surface area (Å²) in [6.07, 6.45) is 2.19. The van der Waals surface area contributed by atoms with E-state index in [1.54, 1.807) is 7.11 Å². The van der Waals surface area contributed by atoms with Crippen LogP contribution in [0, 0.1) is 0 Å². The number of rotatable bonds is 9. The van der Waals surface area contributed by atoms with Gasteiger partial charge in [-0.15, -0.1) is 0 Å². The van der Waals surface area contributed by atoms with Crippen molar-refractivity contribution in [1.82, 2.24) is 4.90 Å². The largest absolute Gasteiger partial charge is 0.497 e. The number of fused-ring (bicyclic) bond motifs is 1. The maximum atomic E-state index is 5.55. The van der Waals surface area contributed by atoms with Crippen LogP contribution in [0.1, 0.15) is 23.1 Å². The van der Waals surface area contributed by atoms with Crippen LogP contribution in [0.3, 0.4) is 0 Å². The fourth-order valence-corrected chi connectivity index (χ4v) is 3.69. The number of benzene rings is 3. The average molecular weight is 389 g/mol. The summed E-state index contributed by atoms with van der Waals surface area (Å²) in [6.45, 7) is 3.06. The van der Waals surface area contributed by atoms with Gasteiger partial charge in [-0.1, -0.05) is 48.5 Å². The van der Waals surface area contributed by atoms with Gasteiger partial charge in [-0.05, 0) is 60.3 Å². The van der Waals surface area contributed by atoms with E-state index in [2.05, 4.69) is 65.6 Å². The molecular formula is C25H27NO3. The normalized spacial score (nSPS) is 12.3. The highest BCUT2D eigenvalue weighted by atomic mass is 16.7. The van der Waals surface area contributed by atoms with E-state index in [9.17, 15) is 0 Å². The zero-order chi connectivity index (χ0) is 19.9. The van der Waals surface area contributed by atoms with E-state index in [0.717, 1.165) is 49.7 Å². The lowest BCUT2D eigenvalue weighted by Crippen LogP contribution is -2.24. The topological polar surface area (TPSA) is 30.9 Å². The van der Waals surface area contributed by atoms with Gasteiger partial charge in [-0.3, -0.25) is 4.90 Å². The average Bonchev–Trinajstić information content (AvgIpc) is 3.22. The van der Waals surface area contributed by atoms with Crippen molar-refractivity contribution in [2.24, 2.45) is 0 Å². The second kappa shape index (κ2) is 9.48. The molecule has 0 N–H and O–H groups in total. The van der Waals surface area contributed by atoms with Gasteiger partial charge in [0.1, 0.15) is 5.75 Å². The van der Waals surface area contributed by atoms with E-state index in [0.29, 0.717) is 6.79 Å². The molecule has 0 unspecified atom stereocenters. The Bertz CT molecular complexity index is 926. The van der Waals surface area contributed by atoms with Crippen molar-refractivity contribution in [2.45, 2.75) is 25.9 Å². The van der Waals surface area contributed by atoms with Crippen molar-refractivity contribution in [1.29, 1.82) is 0 Å². The van der Waals surface area contributed by atoms with Crippen molar-refractivity contribution in [3.8, 4) is 17.2 Å². The predicted molar refractivity (Wildman–Crippen MR) is 114 cm³/mol. The molecule has 0 atom stereocenters. The zero-order valence-electron chi connectivity index (χ0n) is 16.8. The van der Waals surface area contributed by atoms with Gasteiger partial charge in [-0.25, -0.2) is 0 Å². The molecule has 4 heteroatoms. The molecule has 0 saturated carbocycles. The van der Waals surface area contributed by atoms with Crippen molar-refractivity contribution >= 4 is 0 Å². The lowest BCUT2D eigenvalue weighted by Gasteiger charge is -2.23. The first kappa shape index (κ1) is 19.3. The summed E-state index contributed by atoms with van der Waals surface area (Å²) in [5.74, 6) is 2.57. The van der Waals surface area contributed by atoms with Crippen LogP contribution >= 0.6 is 0 Å². The number of nitrogens with zero attached hydrogens (tertiary/aromatic N) is 1. The summed E-state index contributed by atoms with van der Waals surface area (Å²) < 4.78 is 16.4. The Morgan fingerprint density at radius 3 is 2.38 bits per heavy atom. The lowest BCUT2D eigenvalue weighted by atomic mass is 10.1. The summed E-state index contributed by atoms with van der Waals surface area (Å²) in [5.41, 5.74) is 3.87. The third-order valence-corrected chi connectivity index (χ3v) is 5.17. The monoisotopic (exact) mass is 389 g/mol. The molecular weight excluding hydrogens is 362 g/mol. The molecule has 0 aromatic heterocycles. The van der Waals surface area contributed by atoms with Crippen molar-refractivity contribution in [3.63, 3.8) is 0 Å². The van der Waals surface area contributed by atoms with Crippen LogP contribution in [0.15, 0.2) is 72.8 Å². The van der Waals surface area contributed by atoms with Crippen LogP contribution in [0.2, 0.25) is 0 Å². The maximum absolute atomic E-state index is 5.55. The third kappa shape index (κ3) is 5.30. The molecule has 3 aromatic carbocycles. The second-order valence-corrected chi connectivity index (χ2v) is 7.34. The number of methoxy groups -OCH3 is 1. The van der Waals surface area contributed by atoms with Crippen LogP contribution in [0.25, 0.3) is 0 Å². The molecule has 0 spiro atoms. The first-order valence-electron chi connectivity index (χ1n) is 10.1. The minimum Gasteiger partial charge on any atom is -0.497 e. The van der Waals surface area contributed by atoms with Crippen molar-refractivity contribution in [3.05, 3.63) is 89.5 Å². The standard InChI is InChI=1S/C25H27NO3/c1-27-23-11-5-9-21(15-23)17-26(14-6-10-20-7-3-2-4-8-20)18-22-12-13-24-25(16-22)29-19-28-24/h2-5,7-9,11-13,15-16H,6,10,14,17-19H2,1H3. The van der Waals surface area contributed by atoms with Gasteiger partial charge < -0.3 is 14.2 Å². The molecule has 0 bridgehead atoms. The predicted octanol–water partition coefficient (Wildman–Crippen LogP) is 5.06. The Balaban J connectivity index is 1.45. The van der Waals surface area contributed by atoms with Gasteiger partial charge in [0.2, 0.25) is 6.79 Å². The molecule has 0 amide bonds. The van der Waals surface area contributed by atoms with E-state index < -0.39 is 0 Å². The molecule has 0 fully saturated rings. The first-order valence-corrected chi connectivity index (χ1v) is 10.1. The molecule has 1 heterocycles. The van der Waals surface area contributed by atoms with Crippen LogP contribution < -0.4 is 14.2 Å². The quantitative estimate of drug-likeness (QED) is 0.512. The molecule has 0 aliphatic carbocycles. The van der Waals surface area contributed by atoms with Gasteiger partial charge in [0.25, 0.3) is 0 Å². The molecule has 0 saturated heterocycles. The molecule has 1 aliphatic rings. The van der Waals surface area contributed by atoms with E-state index in [1.807, 2.05) is 12.1 Å². The Morgan fingerprint density at radius 2 is 1.55 bits per heavy atom. The van der Waals surface area contributed by atoms with Crippen LogP contribution in [0.4, 0.5) is 0 Å². The molecule has 4 nitrogen and oxygen atoms in total. The van der Waals surface area contributed by atoms with E-state index in [1.165, 1.54) is 16.7 Å². The summed E-state index contributed by atoms with van der Waals surface area (Å²) in [7, 11) is 1.71. The van der Waals surface area contributed by atoms with Crippen molar-refractivity contribution in [2.75, 3.05) is 20.4 Å². The molecule has 150 valence electrons. The number of aryl methyl sites for hydroxylation is 1. The first-order chi connectivity index (χ1) is 14.3. The minimum atomic E-state index is 0.309. The zero-order valence-corrected chi connectivity index (χ0v) is 16.8. The highest BCUT2D eigenvalue weighted by molar-refractivity contribution is 5.44. The smallest absolute Gasteiger partial charge is 0.231 e.